The van der Waals surface area contributed by atoms with Crippen molar-refractivity contribution >= 4 is 23.6 Å². The second kappa shape index (κ2) is 14.6. The number of nitrogens with one attached hydrogen (secondary N) is 2. The van der Waals surface area contributed by atoms with E-state index >= 15 is 0 Å². The number of amides is 3. The van der Waals surface area contributed by atoms with E-state index in [-0.39, 0.29) is 24.6 Å². The van der Waals surface area contributed by atoms with Crippen molar-refractivity contribution in [1.29, 1.82) is 0 Å². The minimum absolute atomic E-state index is 0.0875. The molecule has 3 amide bonds. The first-order chi connectivity index (χ1) is 20.3. The van der Waals surface area contributed by atoms with Crippen LogP contribution in [0.3, 0.4) is 0 Å². The molecule has 0 aliphatic heterocycles. The van der Waals surface area contributed by atoms with Crippen LogP contribution in [-0.2, 0) is 20.7 Å². The highest BCUT2D eigenvalue weighted by molar-refractivity contribution is 5.99. The molecule has 0 aliphatic rings. The van der Waals surface area contributed by atoms with Gasteiger partial charge in [0.2, 0.25) is 5.91 Å². The molecule has 230 valence electrons. The van der Waals surface area contributed by atoms with E-state index in [2.05, 4.69) is 10.6 Å². The fraction of sp³-hybridized carbons (Fsp3) is 0.382. The van der Waals surface area contributed by atoms with E-state index in [4.69, 9.17) is 9.47 Å². The van der Waals surface area contributed by atoms with Crippen molar-refractivity contribution in [2.75, 3.05) is 19.0 Å². The number of anilines is 1. The van der Waals surface area contributed by atoms with Crippen molar-refractivity contribution in [3.05, 3.63) is 89.0 Å². The summed E-state index contributed by atoms with van der Waals surface area (Å²) in [7, 11) is 1.57. The number of nitrogens with zero attached hydrogens (tertiary/aromatic N) is 1. The summed E-state index contributed by atoms with van der Waals surface area (Å²) in [5.41, 5.74) is 3.06. The van der Waals surface area contributed by atoms with Gasteiger partial charge < -0.3 is 30.1 Å². The highest BCUT2D eigenvalue weighted by atomic mass is 16.6. The Morgan fingerprint density at radius 2 is 1.60 bits per heavy atom. The van der Waals surface area contributed by atoms with E-state index < -0.39 is 29.7 Å². The number of aromatic hydroxyl groups is 1. The number of hydrogen-bond acceptors (Lipinski definition) is 6. The van der Waals surface area contributed by atoms with E-state index in [9.17, 15) is 19.5 Å². The quantitative estimate of drug-likeness (QED) is 0.250. The van der Waals surface area contributed by atoms with Gasteiger partial charge in [-0.2, -0.15) is 0 Å². The number of methoxy groups -OCH3 is 1. The van der Waals surface area contributed by atoms with E-state index in [1.54, 1.807) is 64.3 Å². The zero-order valence-corrected chi connectivity index (χ0v) is 26.1. The Kier molecular flexibility index (Phi) is 11.2. The van der Waals surface area contributed by atoms with Gasteiger partial charge in [-0.15, -0.1) is 0 Å². The average molecular weight is 590 g/mol. The molecule has 0 aromatic heterocycles. The molecule has 0 aliphatic carbocycles. The molecule has 43 heavy (non-hydrogen) atoms. The van der Waals surface area contributed by atoms with Gasteiger partial charge >= 0.3 is 6.09 Å². The van der Waals surface area contributed by atoms with E-state index in [1.807, 2.05) is 39.0 Å². The lowest BCUT2D eigenvalue weighted by molar-refractivity contribution is -0.140. The van der Waals surface area contributed by atoms with Crippen LogP contribution in [0.15, 0.2) is 66.7 Å². The fourth-order valence-electron chi connectivity index (χ4n) is 4.79. The van der Waals surface area contributed by atoms with Gasteiger partial charge in [0.15, 0.2) is 0 Å². The van der Waals surface area contributed by atoms with Crippen LogP contribution in [0.4, 0.5) is 10.5 Å². The van der Waals surface area contributed by atoms with Crippen LogP contribution >= 0.6 is 0 Å². The van der Waals surface area contributed by atoms with Crippen molar-refractivity contribution in [3.63, 3.8) is 0 Å². The number of carbonyl (C=O) groups is 3. The van der Waals surface area contributed by atoms with Gasteiger partial charge in [0.1, 0.15) is 29.2 Å². The summed E-state index contributed by atoms with van der Waals surface area (Å²) in [6.45, 7) is 11.3. The normalized spacial score (nSPS) is 12.5. The SMILES string of the molecule is CCCN(C(=O)C(Cc1ccc(O)cc1)NC(=O)OC(C)(C)C)C(C(=O)Nc1ccc(OC)cc1)c1ccc(C)cc1C. The third-order valence-corrected chi connectivity index (χ3v) is 6.75. The monoisotopic (exact) mass is 589 g/mol. The smallest absolute Gasteiger partial charge is 0.408 e. The lowest BCUT2D eigenvalue weighted by Crippen LogP contribution is -2.53. The molecule has 0 bridgehead atoms. The molecule has 3 rings (SSSR count). The van der Waals surface area contributed by atoms with E-state index in [0.717, 1.165) is 16.7 Å². The Bertz CT molecular complexity index is 1400. The lowest BCUT2D eigenvalue weighted by atomic mass is 9.95. The summed E-state index contributed by atoms with van der Waals surface area (Å²) < 4.78 is 10.7. The average Bonchev–Trinajstić information content (AvgIpc) is 2.93. The molecular weight excluding hydrogens is 546 g/mol. The van der Waals surface area contributed by atoms with Gasteiger partial charge in [-0.1, -0.05) is 42.8 Å². The molecule has 3 aromatic rings. The highest BCUT2D eigenvalue weighted by Gasteiger charge is 2.36. The van der Waals surface area contributed by atoms with Crippen LogP contribution < -0.4 is 15.4 Å². The number of phenolic OH excluding ortho intramolecular Hbond substituents is 1. The number of rotatable bonds is 11. The Labute approximate surface area is 254 Å². The standard InChI is InChI=1S/C34H43N3O6/c1-8-19-37(32(40)29(36-33(41)43-34(4,5)6)21-24-10-14-26(38)15-11-24)30(28-18-9-22(2)20-23(28)3)31(39)35-25-12-16-27(42-7)17-13-25/h9-18,20,29-30,38H,8,19,21H2,1-7H3,(H,35,39)(H,36,41). The second-order valence-electron chi connectivity index (χ2n) is 11.6. The summed E-state index contributed by atoms with van der Waals surface area (Å²) in [6, 6.07) is 17.1. The molecule has 0 radical (unpaired) electrons. The molecule has 2 unspecified atom stereocenters. The highest BCUT2D eigenvalue weighted by Crippen LogP contribution is 2.29. The number of ether oxygens (including phenoxy) is 2. The van der Waals surface area contributed by atoms with Crippen LogP contribution in [0.2, 0.25) is 0 Å². The molecule has 0 saturated heterocycles. The molecule has 3 aromatic carbocycles. The van der Waals surface area contributed by atoms with Crippen molar-refractivity contribution in [2.45, 2.75) is 72.1 Å². The van der Waals surface area contributed by atoms with Gasteiger partial charge in [-0.05, 0) is 94.1 Å². The van der Waals surface area contributed by atoms with Crippen molar-refractivity contribution < 1.29 is 29.0 Å². The minimum atomic E-state index is -1.05. The molecule has 0 spiro atoms. The maximum atomic E-state index is 14.4. The molecule has 0 saturated carbocycles. The van der Waals surface area contributed by atoms with Crippen molar-refractivity contribution in [3.8, 4) is 11.5 Å². The summed E-state index contributed by atoms with van der Waals surface area (Å²) in [5.74, 6) is -0.0864. The Hall–Kier alpha value is -4.53. The van der Waals surface area contributed by atoms with Crippen LogP contribution in [0.1, 0.15) is 62.4 Å². The molecule has 9 nitrogen and oxygen atoms in total. The second-order valence-corrected chi connectivity index (χ2v) is 11.6. The molecule has 9 heteroatoms. The number of benzene rings is 3. The largest absolute Gasteiger partial charge is 0.508 e. The third kappa shape index (κ3) is 9.49. The maximum Gasteiger partial charge on any atom is 0.408 e. The summed E-state index contributed by atoms with van der Waals surface area (Å²) in [5, 5.41) is 15.5. The molecule has 3 N–H and O–H groups in total. The number of hydrogen-bond donors (Lipinski definition) is 3. The summed E-state index contributed by atoms with van der Waals surface area (Å²) in [6.07, 6.45) is -0.0496. The summed E-state index contributed by atoms with van der Waals surface area (Å²) in [4.78, 5) is 43.0. The third-order valence-electron chi connectivity index (χ3n) is 6.75. The minimum Gasteiger partial charge on any atom is -0.508 e. The Morgan fingerprint density at radius 1 is 0.953 bits per heavy atom. The molecule has 0 heterocycles. The van der Waals surface area contributed by atoms with Crippen LogP contribution in [0.25, 0.3) is 0 Å². The molecule has 2 atom stereocenters. The molecular formula is C34H43N3O6. The van der Waals surface area contributed by atoms with Crippen molar-refractivity contribution in [1.82, 2.24) is 10.2 Å². The lowest BCUT2D eigenvalue weighted by Gasteiger charge is -2.35. The predicted molar refractivity (Wildman–Crippen MR) is 167 cm³/mol. The van der Waals surface area contributed by atoms with Crippen LogP contribution in [0.5, 0.6) is 11.5 Å². The maximum absolute atomic E-state index is 14.4. The van der Waals surface area contributed by atoms with Crippen molar-refractivity contribution in [2.24, 2.45) is 0 Å². The topological polar surface area (TPSA) is 117 Å². The van der Waals surface area contributed by atoms with E-state index in [1.165, 1.54) is 17.0 Å². The van der Waals surface area contributed by atoms with Gasteiger partial charge in [0.05, 0.1) is 7.11 Å². The molecule has 0 fully saturated rings. The van der Waals surface area contributed by atoms with Gasteiger partial charge in [-0.3, -0.25) is 9.59 Å². The first kappa shape index (κ1) is 33.0. The number of alkyl carbamates (subject to hydrolysis) is 1. The van der Waals surface area contributed by atoms with Crippen LogP contribution in [-0.4, -0.2) is 53.2 Å². The summed E-state index contributed by atoms with van der Waals surface area (Å²) >= 11 is 0. The first-order valence-corrected chi connectivity index (χ1v) is 14.4. The van der Waals surface area contributed by atoms with Gasteiger partial charge in [0, 0.05) is 18.7 Å². The first-order valence-electron chi connectivity index (χ1n) is 14.4. The number of carbonyl (C=O) groups excluding carboxylic acids is 3. The predicted octanol–water partition coefficient (Wildman–Crippen LogP) is 6.07. The zero-order chi connectivity index (χ0) is 31.7. The Balaban J connectivity index is 2.06. The number of aryl methyl sites for hydroxylation is 2. The van der Waals surface area contributed by atoms with Gasteiger partial charge in [0.25, 0.3) is 5.91 Å². The van der Waals surface area contributed by atoms with E-state index in [0.29, 0.717) is 23.4 Å². The van der Waals surface area contributed by atoms with Gasteiger partial charge in [-0.25, -0.2) is 4.79 Å². The zero-order valence-electron chi connectivity index (χ0n) is 26.1. The Morgan fingerprint density at radius 3 is 2.16 bits per heavy atom. The fourth-order valence-corrected chi connectivity index (χ4v) is 4.79. The number of phenols is 1. The van der Waals surface area contributed by atoms with Crippen LogP contribution in [0, 0.1) is 13.8 Å².